The second kappa shape index (κ2) is 9.47. The quantitative estimate of drug-likeness (QED) is 0.194. The van der Waals surface area contributed by atoms with Crippen molar-refractivity contribution in [3.05, 3.63) is 157 Å². The SMILES string of the molecule is [2H]c1c([2H])c(-c2c3c([2H])c([2H])c([2H])c([2H])c3c(-c3c([2H])c([2H])c4c([2H])c([2H])c([2H])c([2H])c4c3[2H])c3c([2H])c([2H])c([2H])c([2H])c23)c([2H])c(-c2c([2H])c([2H])c([2H])c3c([2H])c([2H])c([2H])c([2H])c23)c1C. The molecule has 0 saturated heterocycles. The normalized spacial score (nSPS) is 20.1. The Morgan fingerprint density at radius 1 is 0.366 bits per heavy atom. The molecule has 0 radical (unpaired) electrons. The van der Waals surface area contributed by atoms with E-state index in [0.717, 1.165) is 0 Å². The molecule has 41 heavy (non-hydrogen) atoms. The second-order valence-corrected chi connectivity index (χ2v) is 9.00. The standard InChI is InChI=1S/C41H28/c1-27-21-22-32(26-39(27)34-20-10-14-29-12-4-5-15-33(29)34)41-37-18-8-6-16-35(37)40(36-17-7-9-19-38(36)41)31-24-23-28-11-2-3-13-30(28)25-31/h2-26H,1H3/i2D,3D,4D,5D,6D,7D,8D,9D,10D,11D,12D,13D,14D,15D,16D,17D,18D,19D,20D,21D,22D,23D,24D,25D,26D. The van der Waals surface area contributed by atoms with E-state index in [2.05, 4.69) is 0 Å². The van der Waals surface area contributed by atoms with Crippen molar-refractivity contribution < 1.29 is 34.3 Å². The van der Waals surface area contributed by atoms with Crippen molar-refractivity contribution in [3.8, 4) is 33.4 Å². The Morgan fingerprint density at radius 3 is 1.51 bits per heavy atom. The van der Waals surface area contributed by atoms with Gasteiger partial charge in [-0.1, -0.05) is 139 Å². The molecule has 0 heteroatoms. The van der Waals surface area contributed by atoms with Crippen molar-refractivity contribution in [3.63, 3.8) is 0 Å². The highest BCUT2D eigenvalue weighted by atomic mass is 14.2. The molecule has 0 aliphatic rings. The van der Waals surface area contributed by atoms with Crippen LogP contribution in [0.2, 0.25) is 0 Å². The molecule has 0 unspecified atom stereocenters. The Hall–Kier alpha value is -5.20. The van der Waals surface area contributed by atoms with E-state index in [0.29, 0.717) is 0 Å². The summed E-state index contributed by atoms with van der Waals surface area (Å²) in [4.78, 5) is 0. The lowest BCUT2D eigenvalue weighted by Gasteiger charge is -2.19. The Bertz CT molecular complexity index is 3560. The molecule has 0 heterocycles. The van der Waals surface area contributed by atoms with Crippen LogP contribution in [0.3, 0.4) is 0 Å². The van der Waals surface area contributed by atoms with Crippen LogP contribution in [0.25, 0.3) is 76.5 Å². The third-order valence-electron chi connectivity index (χ3n) is 6.69. The molecule has 0 spiro atoms. The molecule has 8 rings (SSSR count). The first-order chi connectivity index (χ1) is 30.7. The number of hydrogen-bond acceptors (Lipinski definition) is 0. The van der Waals surface area contributed by atoms with E-state index in [1.807, 2.05) is 0 Å². The zero-order valence-corrected chi connectivity index (χ0v) is 21.0. The van der Waals surface area contributed by atoms with Crippen molar-refractivity contribution in [2.45, 2.75) is 6.92 Å². The molecular weight excluding hydrogens is 492 g/mol. The highest BCUT2D eigenvalue weighted by Crippen LogP contribution is 2.45. The molecule has 0 fully saturated rings. The van der Waals surface area contributed by atoms with Gasteiger partial charge in [-0.25, -0.2) is 0 Å². The van der Waals surface area contributed by atoms with E-state index < -0.39 is 228 Å². The smallest absolute Gasteiger partial charge is 0.0616 e. The van der Waals surface area contributed by atoms with Crippen LogP contribution >= 0.6 is 0 Å². The van der Waals surface area contributed by atoms with Crippen LogP contribution in [0, 0.1) is 6.92 Å². The molecule has 0 atom stereocenters. The first kappa shape index (κ1) is 9.43. The summed E-state index contributed by atoms with van der Waals surface area (Å²) in [5.41, 5.74) is -4.16. The summed E-state index contributed by atoms with van der Waals surface area (Å²) in [5.74, 6) is 0. The molecule has 8 aromatic rings. The van der Waals surface area contributed by atoms with Gasteiger partial charge in [-0.15, -0.1) is 0 Å². The molecule has 0 N–H and O–H groups in total. The van der Waals surface area contributed by atoms with Gasteiger partial charge in [0.05, 0.1) is 34.3 Å². The monoisotopic (exact) mass is 545 g/mol. The summed E-state index contributed by atoms with van der Waals surface area (Å²) < 4.78 is 223. The van der Waals surface area contributed by atoms with Gasteiger partial charge < -0.3 is 0 Å². The maximum atomic E-state index is 9.86. The first-order valence-electron chi connectivity index (χ1n) is 24.8. The van der Waals surface area contributed by atoms with Crippen LogP contribution in [0.15, 0.2) is 151 Å². The fraction of sp³-hybridized carbons (Fsp3) is 0.0244. The van der Waals surface area contributed by atoms with Crippen molar-refractivity contribution >= 4 is 43.1 Å². The van der Waals surface area contributed by atoms with Crippen LogP contribution in [0.1, 0.15) is 39.8 Å². The van der Waals surface area contributed by atoms with E-state index in [-0.39, 0.29) is 5.56 Å². The van der Waals surface area contributed by atoms with Crippen LogP contribution in [-0.4, -0.2) is 0 Å². The summed E-state index contributed by atoms with van der Waals surface area (Å²) in [6.45, 7) is 1.24. The van der Waals surface area contributed by atoms with Gasteiger partial charge in [-0.3, -0.25) is 0 Å². The summed E-state index contributed by atoms with van der Waals surface area (Å²) >= 11 is 0. The Morgan fingerprint density at radius 2 is 0.854 bits per heavy atom. The van der Waals surface area contributed by atoms with Crippen molar-refractivity contribution in [1.82, 2.24) is 0 Å². The minimum absolute atomic E-state index is 0.261. The molecule has 0 aliphatic carbocycles. The maximum Gasteiger partial charge on any atom is 0.0636 e. The fourth-order valence-corrected chi connectivity index (χ4v) is 4.88. The molecule has 0 saturated carbocycles. The van der Waals surface area contributed by atoms with Crippen molar-refractivity contribution in [1.29, 1.82) is 0 Å². The van der Waals surface area contributed by atoms with Gasteiger partial charge in [-0.2, -0.15) is 0 Å². The fourth-order valence-electron chi connectivity index (χ4n) is 4.88. The van der Waals surface area contributed by atoms with E-state index in [1.165, 1.54) is 6.92 Å². The van der Waals surface area contributed by atoms with E-state index in [9.17, 15) is 12.3 Å². The largest absolute Gasteiger partial charge is 0.0636 e. The van der Waals surface area contributed by atoms with Crippen molar-refractivity contribution in [2.24, 2.45) is 0 Å². The van der Waals surface area contributed by atoms with E-state index in [1.54, 1.807) is 0 Å². The van der Waals surface area contributed by atoms with E-state index >= 15 is 0 Å². The van der Waals surface area contributed by atoms with Crippen molar-refractivity contribution in [2.75, 3.05) is 0 Å². The van der Waals surface area contributed by atoms with Gasteiger partial charge in [0.2, 0.25) is 0 Å². The third-order valence-corrected chi connectivity index (χ3v) is 6.69. The Balaban J connectivity index is 1.74. The summed E-state index contributed by atoms with van der Waals surface area (Å²) in [6.07, 6.45) is 0. The van der Waals surface area contributed by atoms with Gasteiger partial charge >= 0.3 is 0 Å². The van der Waals surface area contributed by atoms with Gasteiger partial charge in [0.15, 0.2) is 0 Å². The summed E-state index contributed by atoms with van der Waals surface area (Å²) in [7, 11) is 0. The summed E-state index contributed by atoms with van der Waals surface area (Å²) in [5, 5.41) is -4.93. The number of benzene rings is 8. The predicted molar refractivity (Wildman–Crippen MR) is 178 cm³/mol. The number of fused-ring (bicyclic) bond motifs is 4. The van der Waals surface area contributed by atoms with E-state index in [4.69, 9.17) is 21.9 Å². The molecule has 0 bridgehead atoms. The van der Waals surface area contributed by atoms with Gasteiger partial charge in [0.1, 0.15) is 0 Å². The molecule has 192 valence electrons. The van der Waals surface area contributed by atoms with Crippen LogP contribution in [0.4, 0.5) is 0 Å². The molecule has 0 amide bonds. The van der Waals surface area contributed by atoms with Gasteiger partial charge in [0.25, 0.3) is 0 Å². The van der Waals surface area contributed by atoms with Crippen LogP contribution in [0.5, 0.6) is 0 Å². The average Bonchev–Trinajstić information content (AvgIpc) is 3.28. The van der Waals surface area contributed by atoms with Crippen LogP contribution < -0.4 is 0 Å². The highest BCUT2D eigenvalue weighted by Gasteiger charge is 2.18. The number of rotatable bonds is 3. The summed E-state index contributed by atoms with van der Waals surface area (Å²) in [6, 6.07) is -21.6. The third kappa shape index (κ3) is 3.84. The minimum Gasteiger partial charge on any atom is -0.0616 e. The molecule has 0 aromatic heterocycles. The highest BCUT2D eigenvalue weighted by molar-refractivity contribution is 6.22. The molecule has 8 aromatic carbocycles. The molecule has 0 aliphatic heterocycles. The second-order valence-electron chi connectivity index (χ2n) is 9.00. The Labute approximate surface area is 275 Å². The lowest BCUT2D eigenvalue weighted by Crippen LogP contribution is -1.92. The van der Waals surface area contributed by atoms with Gasteiger partial charge in [0, 0.05) is 0 Å². The topological polar surface area (TPSA) is 0 Å². The number of hydrogen-bond donors (Lipinski definition) is 0. The van der Waals surface area contributed by atoms with Gasteiger partial charge in [-0.05, 0) is 101 Å². The lowest BCUT2D eigenvalue weighted by atomic mass is 9.84. The average molecular weight is 546 g/mol. The Kier molecular flexibility index (Phi) is 2.18. The molecule has 0 nitrogen and oxygen atoms in total. The lowest BCUT2D eigenvalue weighted by molar-refractivity contribution is 1.47. The first-order valence-corrected chi connectivity index (χ1v) is 12.2. The maximum absolute atomic E-state index is 9.86. The molecular formula is C41H28. The van der Waals surface area contributed by atoms with Crippen LogP contribution in [-0.2, 0) is 0 Å². The minimum atomic E-state index is -0.956. The zero-order chi connectivity index (χ0) is 49.1. The predicted octanol–water partition coefficient (Wildman–Crippen LogP) is 11.6. The zero-order valence-electron chi connectivity index (χ0n) is 46.0.